The Morgan fingerprint density at radius 3 is 2.65 bits per heavy atom. The fourth-order valence-electron chi connectivity index (χ4n) is 1.67. The van der Waals surface area contributed by atoms with Crippen molar-refractivity contribution in [2.45, 2.75) is 25.7 Å². The number of aryl methyl sites for hydroxylation is 2. The molecule has 0 saturated carbocycles. The molecular formula is C12H16N4O3S. The molecule has 2 aromatic rings. The van der Waals surface area contributed by atoms with E-state index in [0.717, 1.165) is 5.56 Å². The Hall–Kier alpha value is -2.09. The predicted molar refractivity (Wildman–Crippen MR) is 74.3 cm³/mol. The van der Waals surface area contributed by atoms with Gasteiger partial charge in [0.15, 0.2) is 0 Å². The molecule has 0 aliphatic heterocycles. The van der Waals surface area contributed by atoms with Gasteiger partial charge in [0.2, 0.25) is 0 Å². The molecule has 0 unspecified atom stereocenters. The standard InChI is InChI=1S/C12H16N4O3S/c1-4-19-11-6-5-10(7-8(11)2)20(17,18)16-12-13-9(3)14-15-12/h5-7H,4H2,1-3H3,(H2,13,14,15,16). The zero-order valence-electron chi connectivity index (χ0n) is 11.5. The lowest BCUT2D eigenvalue weighted by Gasteiger charge is -2.09. The van der Waals surface area contributed by atoms with Crippen molar-refractivity contribution >= 4 is 16.0 Å². The SMILES string of the molecule is CCOc1ccc(S(=O)(=O)Nc2n[nH]c(C)n2)cc1C. The molecule has 0 aliphatic carbocycles. The van der Waals surface area contributed by atoms with Gasteiger partial charge in [-0.25, -0.2) is 13.1 Å². The maximum absolute atomic E-state index is 12.2. The number of benzene rings is 1. The number of ether oxygens (including phenoxy) is 1. The first-order chi connectivity index (χ1) is 9.42. The molecule has 8 heteroatoms. The minimum atomic E-state index is -3.70. The molecule has 2 rings (SSSR count). The third-order valence-corrected chi connectivity index (χ3v) is 3.91. The molecule has 0 amide bonds. The van der Waals surface area contributed by atoms with Crippen LogP contribution in [0, 0.1) is 13.8 Å². The Labute approximate surface area is 117 Å². The average Bonchev–Trinajstić information content (AvgIpc) is 2.76. The highest BCUT2D eigenvalue weighted by atomic mass is 32.2. The van der Waals surface area contributed by atoms with Gasteiger partial charge in [0.05, 0.1) is 11.5 Å². The van der Waals surface area contributed by atoms with E-state index in [1.807, 2.05) is 6.92 Å². The largest absolute Gasteiger partial charge is 0.494 e. The maximum Gasteiger partial charge on any atom is 0.264 e. The smallest absolute Gasteiger partial charge is 0.264 e. The summed E-state index contributed by atoms with van der Waals surface area (Å²) in [5.74, 6) is 1.22. The maximum atomic E-state index is 12.2. The number of H-pyrrole nitrogens is 1. The van der Waals surface area contributed by atoms with E-state index >= 15 is 0 Å². The first-order valence-corrected chi connectivity index (χ1v) is 7.56. The third-order valence-electron chi connectivity index (χ3n) is 2.58. The van der Waals surface area contributed by atoms with Crippen molar-refractivity contribution in [3.05, 3.63) is 29.6 Å². The van der Waals surface area contributed by atoms with Crippen molar-refractivity contribution in [3.63, 3.8) is 0 Å². The molecule has 0 bridgehead atoms. The lowest BCUT2D eigenvalue weighted by Crippen LogP contribution is -2.14. The van der Waals surface area contributed by atoms with Crippen molar-refractivity contribution in [1.82, 2.24) is 15.2 Å². The van der Waals surface area contributed by atoms with Gasteiger partial charge in [0.1, 0.15) is 11.6 Å². The van der Waals surface area contributed by atoms with Crippen LogP contribution < -0.4 is 9.46 Å². The molecule has 1 heterocycles. The molecule has 0 atom stereocenters. The second-order valence-electron chi connectivity index (χ2n) is 4.21. The highest BCUT2D eigenvalue weighted by Gasteiger charge is 2.17. The van der Waals surface area contributed by atoms with Crippen LogP contribution in [-0.2, 0) is 10.0 Å². The van der Waals surface area contributed by atoms with Crippen LogP contribution in [0.3, 0.4) is 0 Å². The summed E-state index contributed by atoms with van der Waals surface area (Å²) in [6.45, 7) is 5.88. The Morgan fingerprint density at radius 1 is 1.35 bits per heavy atom. The number of nitrogens with zero attached hydrogens (tertiary/aromatic N) is 2. The molecule has 0 spiro atoms. The summed E-state index contributed by atoms with van der Waals surface area (Å²) in [6.07, 6.45) is 0. The number of rotatable bonds is 5. The van der Waals surface area contributed by atoms with E-state index in [4.69, 9.17) is 4.74 Å². The van der Waals surface area contributed by atoms with Gasteiger partial charge < -0.3 is 4.74 Å². The monoisotopic (exact) mass is 296 g/mol. The van der Waals surface area contributed by atoms with Crippen molar-refractivity contribution in [1.29, 1.82) is 0 Å². The predicted octanol–water partition coefficient (Wildman–Crippen LogP) is 1.62. The lowest BCUT2D eigenvalue weighted by molar-refractivity contribution is 0.337. The van der Waals surface area contributed by atoms with Crippen LogP contribution in [0.4, 0.5) is 5.95 Å². The topological polar surface area (TPSA) is 97.0 Å². The second-order valence-corrected chi connectivity index (χ2v) is 5.89. The molecule has 20 heavy (non-hydrogen) atoms. The summed E-state index contributed by atoms with van der Waals surface area (Å²) >= 11 is 0. The summed E-state index contributed by atoms with van der Waals surface area (Å²) in [7, 11) is -3.70. The zero-order valence-corrected chi connectivity index (χ0v) is 12.3. The number of hydrogen-bond donors (Lipinski definition) is 2. The highest BCUT2D eigenvalue weighted by Crippen LogP contribution is 2.22. The van der Waals surface area contributed by atoms with Gasteiger partial charge in [0.25, 0.3) is 16.0 Å². The minimum absolute atomic E-state index is 0.0223. The average molecular weight is 296 g/mol. The number of sulfonamides is 1. The van der Waals surface area contributed by atoms with E-state index in [1.165, 1.54) is 6.07 Å². The van der Waals surface area contributed by atoms with Gasteiger partial charge in [-0.2, -0.15) is 4.98 Å². The van der Waals surface area contributed by atoms with E-state index < -0.39 is 10.0 Å². The number of hydrogen-bond acceptors (Lipinski definition) is 5. The van der Waals surface area contributed by atoms with Crippen molar-refractivity contribution < 1.29 is 13.2 Å². The van der Waals surface area contributed by atoms with Gasteiger partial charge in [0, 0.05) is 0 Å². The Kier molecular flexibility index (Phi) is 3.93. The van der Waals surface area contributed by atoms with Gasteiger partial charge >= 0.3 is 0 Å². The van der Waals surface area contributed by atoms with E-state index in [-0.39, 0.29) is 10.8 Å². The summed E-state index contributed by atoms with van der Waals surface area (Å²) in [6, 6.07) is 4.67. The Balaban J connectivity index is 2.27. The molecule has 0 saturated heterocycles. The van der Waals surface area contributed by atoms with Crippen LogP contribution in [0.15, 0.2) is 23.1 Å². The van der Waals surface area contributed by atoms with E-state index in [2.05, 4.69) is 19.9 Å². The minimum Gasteiger partial charge on any atom is -0.494 e. The highest BCUT2D eigenvalue weighted by molar-refractivity contribution is 7.92. The lowest BCUT2D eigenvalue weighted by atomic mass is 10.2. The summed E-state index contributed by atoms with van der Waals surface area (Å²) < 4.78 is 32.1. The van der Waals surface area contributed by atoms with Crippen LogP contribution in [-0.4, -0.2) is 30.2 Å². The van der Waals surface area contributed by atoms with E-state index in [0.29, 0.717) is 18.2 Å². The van der Waals surface area contributed by atoms with Gasteiger partial charge in [-0.1, -0.05) is 0 Å². The molecule has 7 nitrogen and oxygen atoms in total. The molecule has 0 fully saturated rings. The fourth-order valence-corrected chi connectivity index (χ4v) is 2.70. The van der Waals surface area contributed by atoms with Crippen molar-refractivity contribution in [2.24, 2.45) is 0 Å². The van der Waals surface area contributed by atoms with Gasteiger partial charge in [-0.15, -0.1) is 5.10 Å². The van der Waals surface area contributed by atoms with E-state index in [9.17, 15) is 8.42 Å². The van der Waals surface area contributed by atoms with Crippen LogP contribution in [0.5, 0.6) is 5.75 Å². The quantitative estimate of drug-likeness (QED) is 0.874. The number of aromatic nitrogens is 3. The molecule has 0 aliphatic rings. The molecule has 1 aromatic carbocycles. The fraction of sp³-hybridized carbons (Fsp3) is 0.333. The second kappa shape index (κ2) is 5.49. The molecular weight excluding hydrogens is 280 g/mol. The molecule has 2 N–H and O–H groups in total. The van der Waals surface area contributed by atoms with E-state index in [1.54, 1.807) is 26.0 Å². The summed E-state index contributed by atoms with van der Waals surface area (Å²) in [4.78, 5) is 4.05. The number of aromatic amines is 1. The van der Waals surface area contributed by atoms with Crippen LogP contribution in [0.25, 0.3) is 0 Å². The number of anilines is 1. The Bertz CT molecular complexity index is 709. The summed E-state index contributed by atoms with van der Waals surface area (Å²) in [5, 5.41) is 6.32. The normalized spacial score (nSPS) is 11.3. The van der Waals surface area contributed by atoms with Crippen LogP contribution in [0.2, 0.25) is 0 Å². The van der Waals surface area contributed by atoms with Crippen LogP contribution in [0.1, 0.15) is 18.3 Å². The molecule has 0 radical (unpaired) electrons. The van der Waals surface area contributed by atoms with Crippen molar-refractivity contribution in [3.8, 4) is 5.75 Å². The van der Waals surface area contributed by atoms with Crippen LogP contribution >= 0.6 is 0 Å². The first-order valence-electron chi connectivity index (χ1n) is 6.07. The molecule has 108 valence electrons. The van der Waals surface area contributed by atoms with Crippen molar-refractivity contribution in [2.75, 3.05) is 11.3 Å². The van der Waals surface area contributed by atoms with Gasteiger partial charge in [-0.05, 0) is 44.5 Å². The Morgan fingerprint density at radius 2 is 2.10 bits per heavy atom. The number of nitrogens with one attached hydrogen (secondary N) is 2. The third kappa shape index (κ3) is 3.08. The zero-order chi connectivity index (χ0) is 14.8. The molecule has 1 aromatic heterocycles. The van der Waals surface area contributed by atoms with Gasteiger partial charge in [-0.3, -0.25) is 5.10 Å². The first kappa shape index (κ1) is 14.3. The summed E-state index contributed by atoms with van der Waals surface area (Å²) in [5.41, 5.74) is 0.751.